The first-order chi connectivity index (χ1) is 15.3. The van der Waals surface area contributed by atoms with Crippen molar-refractivity contribution in [2.45, 2.75) is 13.3 Å². The Hall–Kier alpha value is -3.52. The van der Waals surface area contributed by atoms with Crippen LogP contribution in [0.5, 0.6) is 6.01 Å². The summed E-state index contributed by atoms with van der Waals surface area (Å²) in [5.41, 5.74) is 6.77. The summed E-state index contributed by atoms with van der Waals surface area (Å²) < 4.78 is 11.3. The van der Waals surface area contributed by atoms with Gasteiger partial charge in [0.1, 0.15) is 5.82 Å². The predicted octanol–water partition coefficient (Wildman–Crippen LogP) is 3.08. The van der Waals surface area contributed by atoms with Crippen molar-refractivity contribution in [3.8, 4) is 6.01 Å². The fraction of sp³-hybridized carbons (Fsp3) is 0.304. The second-order valence-corrected chi connectivity index (χ2v) is 7.19. The van der Waals surface area contributed by atoms with Crippen LogP contribution in [0.25, 0.3) is 0 Å². The summed E-state index contributed by atoms with van der Waals surface area (Å²) in [5.74, 6) is 0.808. The second-order valence-electron chi connectivity index (χ2n) is 7.19. The minimum Gasteiger partial charge on any atom is -0.463 e. The zero-order chi connectivity index (χ0) is 21.3. The highest BCUT2D eigenvalue weighted by Gasteiger charge is 2.15. The van der Waals surface area contributed by atoms with Gasteiger partial charge in [-0.15, -0.1) is 0 Å². The highest BCUT2D eigenvalue weighted by Crippen LogP contribution is 2.17. The molecule has 160 valence electrons. The quantitative estimate of drug-likeness (QED) is 0.444. The Labute approximate surface area is 182 Å². The van der Waals surface area contributed by atoms with E-state index >= 15 is 0 Å². The van der Waals surface area contributed by atoms with Crippen molar-refractivity contribution in [1.82, 2.24) is 15.0 Å². The molecule has 1 N–H and O–H groups in total. The number of hydrogen-bond donors (Lipinski definition) is 1. The molecule has 0 spiro atoms. The van der Waals surface area contributed by atoms with E-state index in [9.17, 15) is 0 Å². The van der Waals surface area contributed by atoms with Crippen LogP contribution in [0, 0.1) is 6.92 Å². The van der Waals surface area contributed by atoms with E-state index in [1.165, 1.54) is 5.56 Å². The molecule has 0 aliphatic carbocycles. The van der Waals surface area contributed by atoms with Crippen LogP contribution in [0.3, 0.4) is 0 Å². The fourth-order valence-electron chi connectivity index (χ4n) is 3.20. The number of morpholine rings is 1. The lowest BCUT2D eigenvalue weighted by Crippen LogP contribution is -2.37. The third-order valence-corrected chi connectivity index (χ3v) is 4.77. The Morgan fingerprint density at radius 2 is 2.03 bits per heavy atom. The van der Waals surface area contributed by atoms with Crippen molar-refractivity contribution < 1.29 is 9.47 Å². The average molecular weight is 419 g/mol. The third-order valence-electron chi connectivity index (χ3n) is 4.77. The molecule has 0 radical (unpaired) electrons. The number of hydrazone groups is 1. The normalized spacial score (nSPS) is 14.0. The van der Waals surface area contributed by atoms with Gasteiger partial charge in [-0.1, -0.05) is 18.2 Å². The molecule has 0 atom stereocenters. The summed E-state index contributed by atoms with van der Waals surface area (Å²) in [6, 6.07) is 16.1. The molecule has 1 aliphatic rings. The molecule has 31 heavy (non-hydrogen) atoms. The van der Waals surface area contributed by atoms with E-state index in [4.69, 9.17) is 9.47 Å². The first kappa shape index (κ1) is 20.7. The molecule has 0 bridgehead atoms. The number of aromatic nitrogens is 3. The maximum atomic E-state index is 5.86. The average Bonchev–Trinajstić information content (AvgIpc) is 2.80. The lowest BCUT2D eigenvalue weighted by atomic mass is 10.2. The lowest BCUT2D eigenvalue weighted by Gasteiger charge is -2.28. The van der Waals surface area contributed by atoms with Gasteiger partial charge in [0, 0.05) is 37.5 Å². The van der Waals surface area contributed by atoms with Gasteiger partial charge in [-0.3, -0.25) is 10.4 Å². The Morgan fingerprint density at radius 3 is 2.84 bits per heavy atom. The lowest BCUT2D eigenvalue weighted by molar-refractivity contribution is 0.122. The molecule has 2 aromatic heterocycles. The Kier molecular flexibility index (Phi) is 7.02. The van der Waals surface area contributed by atoms with Crippen molar-refractivity contribution in [2.24, 2.45) is 5.10 Å². The minimum absolute atomic E-state index is 0.330. The first-order valence-electron chi connectivity index (χ1n) is 10.4. The van der Waals surface area contributed by atoms with E-state index in [0.717, 1.165) is 30.3 Å². The Bertz CT molecular complexity index is 1010. The van der Waals surface area contributed by atoms with Crippen molar-refractivity contribution in [3.05, 3.63) is 71.7 Å². The van der Waals surface area contributed by atoms with Gasteiger partial charge in [0.25, 0.3) is 0 Å². The standard InChI is InChI=1S/C23H26N6O2/c1-18-5-4-7-20(15-18)28-25-17-21-16-22(29-10-13-30-14-11-29)27-23(26-21)31-12-8-19-6-2-3-9-24-19/h2-7,9,15-17,28H,8,10-14H2,1H3. The topological polar surface area (TPSA) is 84.8 Å². The molecule has 4 rings (SSSR count). The number of rotatable bonds is 8. The number of aryl methyl sites for hydroxylation is 1. The van der Waals surface area contributed by atoms with Gasteiger partial charge in [-0.2, -0.15) is 15.1 Å². The molecule has 0 saturated carbocycles. The molecule has 0 amide bonds. The van der Waals surface area contributed by atoms with Crippen LogP contribution in [0.2, 0.25) is 0 Å². The summed E-state index contributed by atoms with van der Waals surface area (Å²) in [4.78, 5) is 15.6. The van der Waals surface area contributed by atoms with E-state index in [0.29, 0.717) is 37.9 Å². The van der Waals surface area contributed by atoms with Gasteiger partial charge >= 0.3 is 6.01 Å². The van der Waals surface area contributed by atoms with Gasteiger partial charge in [-0.25, -0.2) is 0 Å². The van der Waals surface area contributed by atoms with Crippen LogP contribution in [0.15, 0.2) is 59.8 Å². The van der Waals surface area contributed by atoms with Crippen molar-refractivity contribution >= 4 is 17.7 Å². The molecular weight excluding hydrogens is 392 g/mol. The Balaban J connectivity index is 1.47. The number of pyridine rings is 1. The minimum atomic E-state index is 0.330. The van der Waals surface area contributed by atoms with E-state index in [1.54, 1.807) is 12.4 Å². The smallest absolute Gasteiger partial charge is 0.318 e. The monoisotopic (exact) mass is 418 g/mol. The molecule has 8 nitrogen and oxygen atoms in total. The van der Waals surface area contributed by atoms with Crippen LogP contribution in [0.1, 0.15) is 17.0 Å². The second kappa shape index (κ2) is 10.5. The summed E-state index contributed by atoms with van der Waals surface area (Å²) in [7, 11) is 0. The number of benzene rings is 1. The Morgan fingerprint density at radius 1 is 1.13 bits per heavy atom. The van der Waals surface area contributed by atoms with E-state index < -0.39 is 0 Å². The van der Waals surface area contributed by atoms with Gasteiger partial charge in [0.2, 0.25) is 0 Å². The van der Waals surface area contributed by atoms with Crippen molar-refractivity contribution in [2.75, 3.05) is 43.2 Å². The van der Waals surface area contributed by atoms with Crippen LogP contribution in [0.4, 0.5) is 11.5 Å². The molecule has 1 saturated heterocycles. The largest absolute Gasteiger partial charge is 0.463 e. The highest BCUT2D eigenvalue weighted by atomic mass is 16.5. The maximum absolute atomic E-state index is 5.86. The van der Waals surface area contributed by atoms with Crippen molar-refractivity contribution in [3.63, 3.8) is 0 Å². The fourth-order valence-corrected chi connectivity index (χ4v) is 3.20. The first-order valence-corrected chi connectivity index (χ1v) is 10.4. The summed E-state index contributed by atoms with van der Waals surface area (Å²) in [6.45, 7) is 5.41. The van der Waals surface area contributed by atoms with E-state index in [1.807, 2.05) is 55.5 Å². The molecule has 8 heteroatoms. The third kappa shape index (κ3) is 6.23. The molecule has 1 fully saturated rings. The molecule has 3 heterocycles. The molecule has 1 aliphatic heterocycles. The van der Waals surface area contributed by atoms with Crippen LogP contribution >= 0.6 is 0 Å². The number of anilines is 2. The SMILES string of the molecule is Cc1cccc(NN=Cc2cc(N3CCOCC3)nc(OCCc3ccccn3)n2)c1. The van der Waals surface area contributed by atoms with Gasteiger partial charge in [0.05, 0.1) is 37.4 Å². The maximum Gasteiger partial charge on any atom is 0.318 e. The predicted molar refractivity (Wildman–Crippen MR) is 121 cm³/mol. The van der Waals surface area contributed by atoms with Crippen LogP contribution in [-0.4, -0.2) is 54.1 Å². The van der Waals surface area contributed by atoms with Gasteiger partial charge in [-0.05, 0) is 36.8 Å². The number of nitrogens with one attached hydrogen (secondary N) is 1. The molecule has 0 unspecified atom stereocenters. The number of hydrogen-bond acceptors (Lipinski definition) is 8. The number of ether oxygens (including phenoxy) is 2. The summed E-state index contributed by atoms with van der Waals surface area (Å²) >= 11 is 0. The summed E-state index contributed by atoms with van der Waals surface area (Å²) in [6.07, 6.45) is 4.14. The number of nitrogens with zero attached hydrogens (tertiary/aromatic N) is 5. The highest BCUT2D eigenvalue weighted by molar-refractivity contribution is 5.79. The van der Waals surface area contributed by atoms with Gasteiger partial charge in [0.15, 0.2) is 0 Å². The van der Waals surface area contributed by atoms with Crippen LogP contribution in [-0.2, 0) is 11.2 Å². The van der Waals surface area contributed by atoms with Crippen molar-refractivity contribution in [1.29, 1.82) is 0 Å². The van der Waals surface area contributed by atoms with E-state index in [2.05, 4.69) is 30.4 Å². The van der Waals surface area contributed by atoms with Gasteiger partial charge < -0.3 is 14.4 Å². The van der Waals surface area contributed by atoms with E-state index in [-0.39, 0.29) is 0 Å². The zero-order valence-electron chi connectivity index (χ0n) is 17.6. The molecular formula is C23H26N6O2. The summed E-state index contributed by atoms with van der Waals surface area (Å²) in [5, 5.41) is 4.33. The van der Waals surface area contributed by atoms with Crippen LogP contribution < -0.4 is 15.1 Å². The molecule has 1 aromatic carbocycles. The molecule has 3 aromatic rings. The zero-order valence-corrected chi connectivity index (χ0v) is 17.6.